The van der Waals surface area contributed by atoms with Gasteiger partial charge in [-0.05, 0) is 25.7 Å². The second-order valence-corrected chi connectivity index (χ2v) is 9.72. The van der Waals surface area contributed by atoms with E-state index in [9.17, 15) is 19.8 Å². The molecule has 0 radical (unpaired) electrons. The van der Waals surface area contributed by atoms with Crippen molar-refractivity contribution in [1.29, 1.82) is 0 Å². The van der Waals surface area contributed by atoms with Crippen LogP contribution in [0.4, 0.5) is 0 Å². The van der Waals surface area contributed by atoms with Crippen LogP contribution in [0.15, 0.2) is 0 Å². The van der Waals surface area contributed by atoms with Gasteiger partial charge in [0.25, 0.3) is 0 Å². The lowest BCUT2D eigenvalue weighted by atomic mass is 9.52. The van der Waals surface area contributed by atoms with Crippen LogP contribution in [0, 0.1) is 10.8 Å². The van der Waals surface area contributed by atoms with E-state index in [1.807, 2.05) is 0 Å². The molecule has 0 bridgehead atoms. The van der Waals surface area contributed by atoms with E-state index in [-0.39, 0.29) is 0 Å². The summed E-state index contributed by atoms with van der Waals surface area (Å²) in [6, 6.07) is 0. The molecule has 1 aliphatic rings. The van der Waals surface area contributed by atoms with Crippen molar-refractivity contribution in [3.05, 3.63) is 0 Å². The molecule has 0 aromatic heterocycles. The van der Waals surface area contributed by atoms with Crippen molar-refractivity contribution in [2.45, 2.75) is 142 Å². The molecule has 0 amide bonds. The van der Waals surface area contributed by atoms with Gasteiger partial charge in [-0.15, -0.1) is 0 Å². The second-order valence-electron chi connectivity index (χ2n) is 9.72. The molecule has 0 heterocycles. The molecule has 0 spiro atoms. The Balaban J connectivity index is 2.73. The Morgan fingerprint density at radius 2 is 0.867 bits per heavy atom. The molecule has 0 saturated heterocycles. The molecule has 2 N–H and O–H groups in total. The maximum absolute atomic E-state index is 12.5. The number of hydrogen-bond donors (Lipinski definition) is 2. The van der Waals surface area contributed by atoms with E-state index in [0.29, 0.717) is 25.7 Å². The Morgan fingerprint density at radius 3 is 1.17 bits per heavy atom. The Hall–Kier alpha value is -1.06. The molecule has 2 atom stereocenters. The average Bonchev–Trinajstić information content (AvgIpc) is 2.73. The van der Waals surface area contributed by atoms with Gasteiger partial charge >= 0.3 is 11.9 Å². The highest BCUT2D eigenvalue weighted by Crippen LogP contribution is 2.57. The van der Waals surface area contributed by atoms with Gasteiger partial charge in [-0.25, -0.2) is 0 Å². The maximum atomic E-state index is 12.5. The van der Waals surface area contributed by atoms with Gasteiger partial charge in [0, 0.05) is 0 Å². The van der Waals surface area contributed by atoms with Crippen molar-refractivity contribution < 1.29 is 19.8 Å². The first-order chi connectivity index (χ1) is 14.5. The van der Waals surface area contributed by atoms with Crippen molar-refractivity contribution in [2.75, 3.05) is 0 Å². The largest absolute Gasteiger partial charge is 0.481 e. The number of aliphatic carboxylic acids is 2. The van der Waals surface area contributed by atoms with Crippen molar-refractivity contribution in [3.8, 4) is 0 Å². The number of unbranched alkanes of at least 4 members (excludes halogenated alkanes) is 12. The summed E-state index contributed by atoms with van der Waals surface area (Å²) in [5.41, 5.74) is -2.16. The molecule has 1 aliphatic carbocycles. The fourth-order valence-electron chi connectivity index (χ4n) is 5.67. The fourth-order valence-corrected chi connectivity index (χ4v) is 5.67. The molecule has 4 nitrogen and oxygen atoms in total. The van der Waals surface area contributed by atoms with Crippen molar-refractivity contribution >= 4 is 11.9 Å². The predicted octanol–water partition coefficient (Wildman–Crippen LogP) is 7.98. The summed E-state index contributed by atoms with van der Waals surface area (Å²) in [5.74, 6) is -1.72. The summed E-state index contributed by atoms with van der Waals surface area (Å²) in [6.07, 6.45) is 19.7. The van der Waals surface area contributed by atoms with Gasteiger partial charge in [0.15, 0.2) is 0 Å². The van der Waals surface area contributed by atoms with E-state index in [4.69, 9.17) is 0 Å². The monoisotopic (exact) mass is 424 g/mol. The Kier molecular flexibility index (Phi) is 13.4. The summed E-state index contributed by atoms with van der Waals surface area (Å²) in [7, 11) is 0. The third kappa shape index (κ3) is 7.57. The summed E-state index contributed by atoms with van der Waals surface area (Å²) in [5, 5.41) is 20.6. The van der Waals surface area contributed by atoms with E-state index < -0.39 is 22.8 Å². The van der Waals surface area contributed by atoms with Gasteiger partial charge in [0.05, 0.1) is 10.8 Å². The van der Waals surface area contributed by atoms with E-state index in [2.05, 4.69) is 13.8 Å². The minimum absolute atomic E-state index is 0.527. The third-order valence-corrected chi connectivity index (χ3v) is 7.61. The Labute approximate surface area is 185 Å². The van der Waals surface area contributed by atoms with E-state index in [0.717, 1.165) is 51.4 Å². The molecule has 0 aromatic rings. The molecular weight excluding hydrogens is 376 g/mol. The summed E-state index contributed by atoms with van der Waals surface area (Å²) >= 11 is 0. The molecule has 30 heavy (non-hydrogen) atoms. The minimum Gasteiger partial charge on any atom is -0.481 e. The van der Waals surface area contributed by atoms with Crippen molar-refractivity contribution in [3.63, 3.8) is 0 Å². The van der Waals surface area contributed by atoms with Crippen molar-refractivity contribution in [1.82, 2.24) is 0 Å². The van der Waals surface area contributed by atoms with Gasteiger partial charge < -0.3 is 10.2 Å². The molecule has 1 fully saturated rings. The minimum atomic E-state index is -1.08. The first-order valence-electron chi connectivity index (χ1n) is 12.9. The lowest BCUT2D eigenvalue weighted by molar-refractivity contribution is -0.182. The van der Waals surface area contributed by atoms with Crippen LogP contribution in [0.5, 0.6) is 0 Å². The zero-order valence-corrected chi connectivity index (χ0v) is 19.9. The molecule has 2 unspecified atom stereocenters. The summed E-state index contributed by atoms with van der Waals surface area (Å²) in [6.45, 7) is 4.41. The molecule has 1 rings (SSSR count). The summed E-state index contributed by atoms with van der Waals surface area (Å²) in [4.78, 5) is 25.1. The predicted molar refractivity (Wildman–Crippen MR) is 124 cm³/mol. The van der Waals surface area contributed by atoms with Crippen molar-refractivity contribution in [2.24, 2.45) is 10.8 Å². The highest BCUT2D eigenvalue weighted by molar-refractivity contribution is 5.87. The molecule has 0 aliphatic heterocycles. The number of carboxylic acids is 2. The van der Waals surface area contributed by atoms with Gasteiger partial charge in [-0.2, -0.15) is 0 Å². The summed E-state index contributed by atoms with van der Waals surface area (Å²) < 4.78 is 0. The van der Waals surface area contributed by atoms with Crippen LogP contribution in [0.1, 0.15) is 142 Å². The zero-order chi connectivity index (χ0) is 22.3. The first-order valence-corrected chi connectivity index (χ1v) is 12.9. The van der Waals surface area contributed by atoms with Gasteiger partial charge in [0.1, 0.15) is 0 Å². The molecule has 0 aromatic carbocycles. The molecule has 1 saturated carbocycles. The standard InChI is InChI=1S/C26H48O4/c1-3-5-7-9-11-13-15-19-25(23(27)28)21-17-18-22-26(25,24(29)30)20-16-14-12-10-8-6-4-2/h3-22H2,1-2H3,(H,27,28)(H,29,30). The van der Waals surface area contributed by atoms with Gasteiger partial charge in [-0.1, -0.05) is 117 Å². The molecular formula is C26H48O4. The van der Waals surface area contributed by atoms with Gasteiger partial charge in [0.2, 0.25) is 0 Å². The lowest BCUT2D eigenvalue weighted by Crippen LogP contribution is -2.54. The highest BCUT2D eigenvalue weighted by atomic mass is 16.4. The van der Waals surface area contributed by atoms with E-state index in [1.54, 1.807) is 0 Å². The number of hydrogen-bond acceptors (Lipinski definition) is 2. The SMILES string of the molecule is CCCCCCCCCC1(C(=O)O)CCCCC1(CCCCCCCCC)C(=O)O. The molecule has 4 heteroatoms. The van der Waals surface area contributed by atoms with Crippen LogP contribution >= 0.6 is 0 Å². The lowest BCUT2D eigenvalue weighted by Gasteiger charge is -2.49. The Morgan fingerprint density at radius 1 is 0.567 bits per heavy atom. The molecule has 176 valence electrons. The highest BCUT2D eigenvalue weighted by Gasteiger charge is 2.61. The second kappa shape index (κ2) is 14.9. The van der Waals surface area contributed by atoms with Crippen LogP contribution in [-0.4, -0.2) is 22.2 Å². The van der Waals surface area contributed by atoms with E-state index >= 15 is 0 Å². The number of carboxylic acid groups (broad SMARTS) is 2. The van der Waals surface area contributed by atoms with Crippen LogP contribution in [0.25, 0.3) is 0 Å². The van der Waals surface area contributed by atoms with Crippen LogP contribution in [0.2, 0.25) is 0 Å². The fraction of sp³-hybridized carbons (Fsp3) is 0.923. The van der Waals surface area contributed by atoms with Crippen LogP contribution in [0.3, 0.4) is 0 Å². The smallest absolute Gasteiger partial charge is 0.310 e. The maximum Gasteiger partial charge on any atom is 0.310 e. The Bertz CT molecular complexity index is 445. The van der Waals surface area contributed by atoms with Crippen LogP contribution in [-0.2, 0) is 9.59 Å². The normalized spacial score (nSPS) is 24.1. The van der Waals surface area contributed by atoms with Crippen LogP contribution < -0.4 is 0 Å². The van der Waals surface area contributed by atoms with E-state index in [1.165, 1.54) is 51.4 Å². The first kappa shape index (κ1) is 27.0. The average molecular weight is 425 g/mol. The zero-order valence-electron chi connectivity index (χ0n) is 19.9. The quantitative estimate of drug-likeness (QED) is 0.219. The third-order valence-electron chi connectivity index (χ3n) is 7.61. The number of carbonyl (C=O) groups is 2. The topological polar surface area (TPSA) is 74.6 Å². The number of rotatable bonds is 18. The van der Waals surface area contributed by atoms with Gasteiger partial charge in [-0.3, -0.25) is 9.59 Å².